The van der Waals surface area contributed by atoms with E-state index in [2.05, 4.69) is 20.7 Å². The lowest BCUT2D eigenvalue weighted by molar-refractivity contribution is 0.107. The molecule has 2 aliphatic carbocycles. The van der Waals surface area contributed by atoms with Gasteiger partial charge in [0.05, 0.1) is 30.6 Å². The molecule has 2 aromatic heterocycles. The van der Waals surface area contributed by atoms with Crippen molar-refractivity contribution < 1.29 is 9.53 Å². The Morgan fingerprint density at radius 3 is 2.80 bits per heavy atom. The Balaban J connectivity index is 1.16. The van der Waals surface area contributed by atoms with Crippen molar-refractivity contribution in [1.29, 1.82) is 0 Å². The van der Waals surface area contributed by atoms with Crippen LogP contribution in [0.2, 0.25) is 0 Å². The molecule has 8 nitrogen and oxygen atoms in total. The predicted molar refractivity (Wildman–Crippen MR) is 114 cm³/mol. The Labute approximate surface area is 179 Å². The van der Waals surface area contributed by atoms with Gasteiger partial charge in [0.15, 0.2) is 5.13 Å². The average Bonchev–Trinajstić information content (AvgIpc) is 3.16. The molecule has 1 fully saturated rings. The van der Waals surface area contributed by atoms with Crippen molar-refractivity contribution in [3.63, 3.8) is 0 Å². The first kappa shape index (κ1) is 19.7. The van der Waals surface area contributed by atoms with Gasteiger partial charge in [-0.3, -0.25) is 10.1 Å². The summed E-state index contributed by atoms with van der Waals surface area (Å²) in [6, 6.07) is 1.69. The van der Waals surface area contributed by atoms with Gasteiger partial charge in [-0.1, -0.05) is 0 Å². The molecule has 0 atom stereocenters. The molecule has 9 heteroatoms. The molecule has 0 bridgehead atoms. The molecule has 2 N–H and O–H groups in total. The van der Waals surface area contributed by atoms with E-state index in [1.807, 2.05) is 0 Å². The second-order valence-electron chi connectivity index (χ2n) is 8.40. The van der Waals surface area contributed by atoms with E-state index < -0.39 is 0 Å². The van der Waals surface area contributed by atoms with Gasteiger partial charge in [0, 0.05) is 29.0 Å². The summed E-state index contributed by atoms with van der Waals surface area (Å²) in [5.41, 5.74) is 2.99. The minimum Gasteiger partial charge on any atom is -0.376 e. The van der Waals surface area contributed by atoms with Crippen LogP contribution in [0.15, 0.2) is 10.9 Å². The first-order valence-corrected chi connectivity index (χ1v) is 11.7. The SMILES string of the molecule is O=C(Nc1nc2c(s1)CCCC2)NC1CCC(n2nc3c(cc2=O)COCC3)CC1. The smallest absolute Gasteiger partial charge is 0.321 e. The van der Waals surface area contributed by atoms with Crippen molar-refractivity contribution >= 4 is 22.5 Å². The zero-order chi connectivity index (χ0) is 20.5. The molecule has 2 aromatic rings. The first-order valence-electron chi connectivity index (χ1n) is 10.9. The third-order valence-corrected chi connectivity index (χ3v) is 7.38. The molecule has 1 saturated carbocycles. The van der Waals surface area contributed by atoms with Gasteiger partial charge < -0.3 is 10.1 Å². The molecule has 3 heterocycles. The number of aromatic nitrogens is 3. The number of hydrogen-bond donors (Lipinski definition) is 2. The van der Waals surface area contributed by atoms with Gasteiger partial charge in [0.1, 0.15) is 0 Å². The van der Waals surface area contributed by atoms with Crippen molar-refractivity contribution in [2.45, 2.75) is 76.5 Å². The summed E-state index contributed by atoms with van der Waals surface area (Å²) in [6.45, 7) is 1.14. The van der Waals surface area contributed by atoms with Gasteiger partial charge in [-0.15, -0.1) is 11.3 Å². The average molecular weight is 430 g/mol. The predicted octanol–water partition coefficient (Wildman–Crippen LogP) is 2.96. The highest BCUT2D eigenvalue weighted by molar-refractivity contribution is 7.15. The summed E-state index contributed by atoms with van der Waals surface area (Å²) >= 11 is 1.60. The van der Waals surface area contributed by atoms with E-state index >= 15 is 0 Å². The van der Waals surface area contributed by atoms with Gasteiger partial charge in [-0.05, 0) is 51.4 Å². The molecule has 160 valence electrons. The Hall–Kier alpha value is -2.26. The summed E-state index contributed by atoms with van der Waals surface area (Å²) < 4.78 is 7.07. The molecule has 30 heavy (non-hydrogen) atoms. The lowest BCUT2D eigenvalue weighted by atomic mass is 9.91. The van der Waals surface area contributed by atoms with Gasteiger partial charge in [0.25, 0.3) is 5.56 Å². The third kappa shape index (κ3) is 4.13. The van der Waals surface area contributed by atoms with E-state index in [1.165, 1.54) is 17.7 Å². The van der Waals surface area contributed by atoms with E-state index in [0.29, 0.717) is 18.3 Å². The zero-order valence-electron chi connectivity index (χ0n) is 17.0. The minimum atomic E-state index is -0.186. The summed E-state index contributed by atoms with van der Waals surface area (Å²) in [4.78, 5) is 30.8. The van der Waals surface area contributed by atoms with Crippen molar-refractivity contribution in [2.24, 2.45) is 0 Å². The molecule has 5 rings (SSSR count). The third-order valence-electron chi connectivity index (χ3n) is 6.31. The number of ether oxygens (including phenoxy) is 1. The second kappa shape index (κ2) is 8.47. The lowest BCUT2D eigenvalue weighted by Crippen LogP contribution is -2.41. The number of amides is 2. The molecule has 0 unspecified atom stereocenters. The van der Waals surface area contributed by atoms with E-state index in [9.17, 15) is 9.59 Å². The van der Waals surface area contributed by atoms with Crippen LogP contribution in [-0.2, 0) is 30.6 Å². The zero-order valence-corrected chi connectivity index (χ0v) is 17.8. The van der Waals surface area contributed by atoms with Crippen LogP contribution in [0.25, 0.3) is 0 Å². The molecular formula is C21H27N5O3S. The number of carbonyl (C=O) groups is 1. The van der Waals surface area contributed by atoms with Crippen LogP contribution in [-0.4, -0.2) is 33.4 Å². The van der Waals surface area contributed by atoms with Crippen molar-refractivity contribution in [3.05, 3.63) is 38.2 Å². The number of fused-ring (bicyclic) bond motifs is 2. The number of rotatable bonds is 3. The van der Waals surface area contributed by atoms with Crippen molar-refractivity contribution in [2.75, 3.05) is 11.9 Å². The molecule has 0 aromatic carbocycles. The van der Waals surface area contributed by atoms with Crippen LogP contribution in [0.4, 0.5) is 9.93 Å². The molecule has 0 spiro atoms. The van der Waals surface area contributed by atoms with Gasteiger partial charge in [0.2, 0.25) is 0 Å². The molecule has 2 amide bonds. The number of nitrogens with one attached hydrogen (secondary N) is 2. The van der Waals surface area contributed by atoms with Crippen LogP contribution in [0.5, 0.6) is 0 Å². The molecule has 0 radical (unpaired) electrons. The normalized spacial score (nSPS) is 23.3. The Morgan fingerprint density at radius 1 is 1.13 bits per heavy atom. The summed E-state index contributed by atoms with van der Waals surface area (Å²) in [5.74, 6) is 0. The van der Waals surface area contributed by atoms with Crippen LogP contribution in [0.3, 0.4) is 0 Å². The standard InChI is InChI=1S/C21H27N5O3S/c27-19-11-13-12-29-10-9-16(13)25-26(19)15-7-5-14(6-8-15)22-20(28)24-21-23-17-3-1-2-4-18(17)30-21/h11,14-15H,1-10,12H2,(H2,22,23,24,28). The number of aryl methyl sites for hydroxylation is 2. The quantitative estimate of drug-likeness (QED) is 0.782. The van der Waals surface area contributed by atoms with Crippen LogP contribution >= 0.6 is 11.3 Å². The number of urea groups is 1. The Bertz CT molecular complexity index is 970. The fourth-order valence-electron chi connectivity index (χ4n) is 4.68. The number of nitrogens with zero attached hydrogens (tertiary/aromatic N) is 3. The highest BCUT2D eigenvalue weighted by Crippen LogP contribution is 2.30. The minimum absolute atomic E-state index is 0.0545. The van der Waals surface area contributed by atoms with Gasteiger partial charge >= 0.3 is 6.03 Å². The summed E-state index contributed by atoms with van der Waals surface area (Å²) in [7, 11) is 0. The number of thiazole rings is 1. The summed E-state index contributed by atoms with van der Waals surface area (Å²) in [5, 5.41) is 11.3. The Kier molecular flexibility index (Phi) is 5.56. The largest absolute Gasteiger partial charge is 0.376 e. The lowest BCUT2D eigenvalue weighted by Gasteiger charge is -2.30. The molecule has 1 aliphatic heterocycles. The maximum atomic E-state index is 12.5. The van der Waals surface area contributed by atoms with Gasteiger partial charge in [-0.25, -0.2) is 14.5 Å². The first-order chi connectivity index (χ1) is 14.7. The number of anilines is 1. The monoisotopic (exact) mass is 429 g/mol. The second-order valence-corrected chi connectivity index (χ2v) is 9.49. The van der Waals surface area contributed by atoms with Crippen LogP contribution < -0.4 is 16.2 Å². The number of carbonyl (C=O) groups excluding carboxylic acids is 1. The molecular weight excluding hydrogens is 402 g/mol. The van der Waals surface area contributed by atoms with Crippen LogP contribution in [0, 0.1) is 0 Å². The highest BCUT2D eigenvalue weighted by Gasteiger charge is 2.26. The van der Waals surface area contributed by atoms with Crippen molar-refractivity contribution in [1.82, 2.24) is 20.1 Å². The molecule has 3 aliphatic rings. The van der Waals surface area contributed by atoms with Crippen LogP contribution in [0.1, 0.15) is 66.4 Å². The maximum Gasteiger partial charge on any atom is 0.321 e. The fourth-order valence-corrected chi connectivity index (χ4v) is 5.72. The fraction of sp³-hybridized carbons (Fsp3) is 0.619. The highest BCUT2D eigenvalue weighted by atomic mass is 32.1. The van der Waals surface area contributed by atoms with E-state index in [4.69, 9.17) is 4.74 Å². The van der Waals surface area contributed by atoms with Crippen molar-refractivity contribution in [3.8, 4) is 0 Å². The van der Waals surface area contributed by atoms with E-state index in [0.717, 1.165) is 61.9 Å². The van der Waals surface area contributed by atoms with Gasteiger partial charge in [-0.2, -0.15) is 5.10 Å². The molecule has 0 saturated heterocycles. The topological polar surface area (TPSA) is 98.1 Å². The van der Waals surface area contributed by atoms with E-state index in [1.54, 1.807) is 22.1 Å². The summed E-state index contributed by atoms with van der Waals surface area (Å²) in [6.07, 6.45) is 8.57. The van der Waals surface area contributed by atoms with E-state index in [-0.39, 0.29) is 23.7 Å². The Morgan fingerprint density at radius 2 is 1.97 bits per heavy atom. The number of hydrogen-bond acceptors (Lipinski definition) is 6. The maximum absolute atomic E-state index is 12.5.